The highest BCUT2D eigenvalue weighted by molar-refractivity contribution is 7.10. The van der Waals surface area contributed by atoms with Crippen LogP contribution >= 0.6 is 11.3 Å². The summed E-state index contributed by atoms with van der Waals surface area (Å²) in [5.41, 5.74) is -1.96. The van der Waals surface area contributed by atoms with Crippen LogP contribution < -0.4 is 0 Å². The van der Waals surface area contributed by atoms with Crippen molar-refractivity contribution < 1.29 is 22.7 Å². The first-order valence-corrected chi connectivity index (χ1v) is 9.30. The van der Waals surface area contributed by atoms with Crippen molar-refractivity contribution >= 4 is 11.3 Å². The second-order valence-electron chi connectivity index (χ2n) is 6.38. The third-order valence-electron chi connectivity index (χ3n) is 4.41. The quantitative estimate of drug-likeness (QED) is 0.485. The minimum atomic E-state index is -1.97. The van der Waals surface area contributed by atoms with Crippen molar-refractivity contribution in [2.75, 3.05) is 0 Å². The summed E-state index contributed by atoms with van der Waals surface area (Å²) in [4.78, 5) is 8.17. The highest BCUT2D eigenvalue weighted by Crippen LogP contribution is 2.37. The molecule has 0 spiro atoms. The molecule has 9 heteroatoms. The van der Waals surface area contributed by atoms with Crippen LogP contribution in [0.3, 0.4) is 0 Å². The Kier molecular flexibility index (Phi) is 4.93. The van der Waals surface area contributed by atoms with Gasteiger partial charge in [0.1, 0.15) is 28.3 Å². The number of aliphatic hydroxyl groups is 1. The smallest absolute Gasteiger partial charge is 0.161 e. The third-order valence-corrected chi connectivity index (χ3v) is 5.41. The molecule has 29 heavy (non-hydrogen) atoms. The van der Waals surface area contributed by atoms with Gasteiger partial charge in [0.05, 0.1) is 18.6 Å². The largest absolute Gasteiger partial charge is 0.376 e. The molecule has 0 radical (unpaired) electrons. The van der Waals surface area contributed by atoms with E-state index in [1.165, 1.54) is 28.5 Å². The normalized spacial score (nSPS) is 13.4. The standard InChI is InChI=1S/C20H13F4N3OS/c21-12-1-3-14(16(23)7-12)18-9-29-19(26-18)20(28,10-27-6-5-25-11-27)15-4-2-13(22)8-17(15)24/h1-9,11,28H,10H2. The van der Waals surface area contributed by atoms with Crippen molar-refractivity contribution in [3.63, 3.8) is 0 Å². The van der Waals surface area contributed by atoms with E-state index in [4.69, 9.17) is 0 Å². The molecule has 148 valence electrons. The Morgan fingerprint density at radius 1 is 1.00 bits per heavy atom. The molecule has 2 aromatic heterocycles. The summed E-state index contributed by atoms with van der Waals surface area (Å²) >= 11 is 0.978. The van der Waals surface area contributed by atoms with E-state index in [2.05, 4.69) is 9.97 Å². The molecular formula is C20H13F4N3OS. The zero-order valence-corrected chi connectivity index (χ0v) is 15.5. The molecule has 2 aromatic carbocycles. The highest BCUT2D eigenvalue weighted by atomic mass is 32.1. The maximum atomic E-state index is 14.5. The molecule has 4 aromatic rings. The van der Waals surface area contributed by atoms with Crippen molar-refractivity contribution in [1.82, 2.24) is 14.5 Å². The molecule has 0 aliphatic rings. The SMILES string of the molecule is OC(Cn1ccnc1)(c1nc(-c2ccc(F)cc2F)cs1)c1ccc(F)cc1F. The number of aromatic nitrogens is 3. The summed E-state index contributed by atoms with van der Waals surface area (Å²) in [6.45, 7) is -0.158. The van der Waals surface area contributed by atoms with E-state index < -0.39 is 28.9 Å². The molecule has 1 unspecified atom stereocenters. The van der Waals surface area contributed by atoms with E-state index in [0.29, 0.717) is 6.07 Å². The monoisotopic (exact) mass is 419 g/mol. The van der Waals surface area contributed by atoms with Crippen LogP contribution in [0.25, 0.3) is 11.3 Å². The first-order valence-electron chi connectivity index (χ1n) is 8.42. The Morgan fingerprint density at radius 2 is 1.72 bits per heavy atom. The fraction of sp³-hybridized carbons (Fsp3) is 0.100. The molecule has 0 fully saturated rings. The number of hydrogen-bond acceptors (Lipinski definition) is 4. The van der Waals surface area contributed by atoms with Crippen LogP contribution in [0, 0.1) is 23.3 Å². The first-order chi connectivity index (χ1) is 13.9. The van der Waals surface area contributed by atoms with Gasteiger partial charge in [0.25, 0.3) is 0 Å². The number of hydrogen-bond donors (Lipinski definition) is 1. The summed E-state index contributed by atoms with van der Waals surface area (Å²) in [6.07, 6.45) is 4.49. The molecular weight excluding hydrogens is 406 g/mol. The average molecular weight is 419 g/mol. The molecule has 0 saturated carbocycles. The zero-order chi connectivity index (χ0) is 20.6. The summed E-state index contributed by atoms with van der Waals surface area (Å²) in [5, 5.41) is 13.0. The van der Waals surface area contributed by atoms with E-state index in [-0.39, 0.29) is 28.4 Å². The lowest BCUT2D eigenvalue weighted by atomic mass is 9.93. The van der Waals surface area contributed by atoms with E-state index in [1.54, 1.807) is 6.20 Å². The van der Waals surface area contributed by atoms with Gasteiger partial charge in [-0.15, -0.1) is 11.3 Å². The maximum absolute atomic E-state index is 14.5. The Labute approximate surface area is 166 Å². The van der Waals surface area contributed by atoms with E-state index in [9.17, 15) is 22.7 Å². The van der Waals surface area contributed by atoms with E-state index >= 15 is 0 Å². The van der Waals surface area contributed by atoms with Crippen molar-refractivity contribution in [3.8, 4) is 11.3 Å². The van der Waals surface area contributed by atoms with Gasteiger partial charge >= 0.3 is 0 Å². The van der Waals surface area contributed by atoms with Gasteiger partial charge in [0.15, 0.2) is 5.60 Å². The Morgan fingerprint density at radius 3 is 2.38 bits per heavy atom. The van der Waals surface area contributed by atoms with Crippen LogP contribution in [0.1, 0.15) is 10.6 Å². The van der Waals surface area contributed by atoms with Gasteiger partial charge in [-0.25, -0.2) is 27.5 Å². The average Bonchev–Trinajstić information content (AvgIpc) is 3.33. The summed E-state index contributed by atoms with van der Waals surface area (Å²) in [5.74, 6) is -3.28. The molecule has 1 N–H and O–H groups in total. The van der Waals surface area contributed by atoms with Gasteiger partial charge < -0.3 is 9.67 Å². The van der Waals surface area contributed by atoms with Gasteiger partial charge in [-0.05, 0) is 24.3 Å². The van der Waals surface area contributed by atoms with Gasteiger partial charge in [-0.1, -0.05) is 0 Å². The van der Waals surface area contributed by atoms with Crippen LogP contribution in [-0.2, 0) is 12.1 Å². The van der Waals surface area contributed by atoms with Crippen LogP contribution in [0.2, 0.25) is 0 Å². The summed E-state index contributed by atoms with van der Waals surface area (Å²) < 4.78 is 56.8. The fourth-order valence-corrected chi connectivity index (χ4v) is 3.95. The Hall–Kier alpha value is -3.04. The van der Waals surface area contributed by atoms with Crippen molar-refractivity contribution in [1.29, 1.82) is 0 Å². The molecule has 2 heterocycles. The number of imidazole rings is 1. The van der Waals surface area contributed by atoms with Gasteiger partial charge in [-0.2, -0.15) is 0 Å². The highest BCUT2D eigenvalue weighted by Gasteiger charge is 2.38. The van der Waals surface area contributed by atoms with Gasteiger partial charge in [-0.3, -0.25) is 0 Å². The van der Waals surface area contributed by atoms with Crippen molar-refractivity contribution in [3.05, 3.63) is 94.3 Å². The molecule has 0 aliphatic heterocycles. The molecule has 0 bridgehead atoms. The molecule has 1 atom stereocenters. The lowest BCUT2D eigenvalue weighted by Gasteiger charge is -2.27. The lowest BCUT2D eigenvalue weighted by Crippen LogP contribution is -2.33. The van der Waals surface area contributed by atoms with Crippen LogP contribution in [0.5, 0.6) is 0 Å². The summed E-state index contributed by atoms with van der Waals surface area (Å²) in [7, 11) is 0. The first kappa shape index (κ1) is 19.3. The predicted octanol–water partition coefficient (Wildman–Crippen LogP) is 4.50. The molecule has 0 aliphatic carbocycles. The molecule has 4 nitrogen and oxygen atoms in total. The Bertz CT molecular complexity index is 1160. The number of halogens is 4. The summed E-state index contributed by atoms with van der Waals surface area (Å²) in [6, 6.07) is 5.90. The van der Waals surface area contributed by atoms with Crippen LogP contribution in [0.15, 0.2) is 60.5 Å². The van der Waals surface area contributed by atoms with Crippen molar-refractivity contribution in [2.45, 2.75) is 12.1 Å². The molecule has 4 rings (SSSR count). The molecule has 0 saturated heterocycles. The van der Waals surface area contributed by atoms with Crippen LogP contribution in [0.4, 0.5) is 17.6 Å². The van der Waals surface area contributed by atoms with Crippen molar-refractivity contribution in [2.24, 2.45) is 0 Å². The number of thiazole rings is 1. The number of benzene rings is 2. The number of rotatable bonds is 5. The lowest BCUT2D eigenvalue weighted by molar-refractivity contribution is 0.0571. The van der Waals surface area contributed by atoms with E-state index in [1.807, 2.05) is 0 Å². The van der Waals surface area contributed by atoms with Gasteiger partial charge in [0, 0.05) is 41.0 Å². The third kappa shape index (κ3) is 3.66. The minimum Gasteiger partial charge on any atom is -0.376 e. The minimum absolute atomic E-state index is 0.0402. The zero-order valence-electron chi connectivity index (χ0n) is 14.7. The second-order valence-corrected chi connectivity index (χ2v) is 7.24. The Balaban J connectivity index is 1.82. The molecule has 0 amide bonds. The van der Waals surface area contributed by atoms with Gasteiger partial charge in [0.2, 0.25) is 0 Å². The maximum Gasteiger partial charge on any atom is 0.161 e. The number of nitrogens with zero attached hydrogens (tertiary/aromatic N) is 3. The second kappa shape index (κ2) is 7.41. The van der Waals surface area contributed by atoms with E-state index in [0.717, 1.165) is 35.6 Å². The topological polar surface area (TPSA) is 50.9 Å². The predicted molar refractivity (Wildman–Crippen MR) is 99.0 cm³/mol. The fourth-order valence-electron chi connectivity index (χ4n) is 3.02. The van der Waals surface area contributed by atoms with Crippen LogP contribution in [-0.4, -0.2) is 19.6 Å².